The van der Waals surface area contributed by atoms with Crippen LogP contribution in [-0.2, 0) is 14.8 Å². The van der Waals surface area contributed by atoms with E-state index in [2.05, 4.69) is 25.0 Å². The Hall–Kier alpha value is -2.98. The molecular weight excluding hydrogens is 422 g/mol. The predicted octanol–water partition coefficient (Wildman–Crippen LogP) is 3.41. The molecule has 3 aromatic rings. The summed E-state index contributed by atoms with van der Waals surface area (Å²) in [5.41, 5.74) is 1.85. The fourth-order valence-electron chi connectivity index (χ4n) is 2.57. The standard InChI is InChI=1S/C20H21N5O3S2/c1-14-13-15(2)23-20(22-14)25-30(27,28)17-8-6-16(7-9-17)24-18(26)10-12-29-19-5-3-4-11-21-19/h3-9,11,13H,10,12H2,1-2H3,(H,24,26)(H,22,23,25). The summed E-state index contributed by atoms with van der Waals surface area (Å²) in [6, 6.07) is 13.3. The van der Waals surface area contributed by atoms with Crippen molar-refractivity contribution in [1.82, 2.24) is 15.0 Å². The number of aryl methyl sites for hydroxylation is 2. The first-order valence-electron chi connectivity index (χ1n) is 9.11. The van der Waals surface area contributed by atoms with E-state index in [1.165, 1.54) is 23.9 Å². The Morgan fingerprint density at radius 1 is 1.03 bits per heavy atom. The minimum absolute atomic E-state index is 0.0234. The summed E-state index contributed by atoms with van der Waals surface area (Å²) in [5, 5.41) is 3.62. The molecule has 0 radical (unpaired) electrons. The largest absolute Gasteiger partial charge is 0.326 e. The second-order valence-electron chi connectivity index (χ2n) is 6.42. The molecule has 2 N–H and O–H groups in total. The maximum atomic E-state index is 12.5. The molecule has 1 aromatic carbocycles. The summed E-state index contributed by atoms with van der Waals surface area (Å²) < 4.78 is 27.5. The molecule has 0 unspecified atom stereocenters. The van der Waals surface area contributed by atoms with Gasteiger partial charge in [-0.05, 0) is 56.3 Å². The van der Waals surface area contributed by atoms with Crippen LogP contribution in [0.15, 0.2) is 64.6 Å². The molecular formula is C20H21N5O3S2. The number of rotatable bonds is 8. The van der Waals surface area contributed by atoms with Gasteiger partial charge in [-0.15, -0.1) is 11.8 Å². The number of benzene rings is 1. The average molecular weight is 444 g/mol. The van der Waals surface area contributed by atoms with Crippen molar-refractivity contribution in [2.75, 3.05) is 15.8 Å². The molecule has 0 saturated heterocycles. The number of thioether (sulfide) groups is 1. The van der Waals surface area contributed by atoms with Gasteiger partial charge in [0.2, 0.25) is 11.9 Å². The molecule has 0 aliphatic heterocycles. The molecule has 10 heteroatoms. The third-order valence-electron chi connectivity index (χ3n) is 3.87. The molecule has 0 spiro atoms. The Bertz CT molecular complexity index is 1100. The monoisotopic (exact) mass is 443 g/mol. The molecule has 0 aliphatic carbocycles. The van der Waals surface area contributed by atoms with Gasteiger partial charge >= 0.3 is 0 Å². The van der Waals surface area contributed by atoms with E-state index in [1.54, 1.807) is 38.2 Å². The predicted molar refractivity (Wildman–Crippen MR) is 117 cm³/mol. The van der Waals surface area contributed by atoms with Crippen LogP contribution >= 0.6 is 11.8 Å². The molecule has 2 aromatic heterocycles. The number of pyridine rings is 1. The Morgan fingerprint density at radius 2 is 1.73 bits per heavy atom. The van der Waals surface area contributed by atoms with Crippen molar-refractivity contribution in [3.8, 4) is 0 Å². The zero-order valence-corrected chi connectivity index (χ0v) is 18.1. The highest BCUT2D eigenvalue weighted by Crippen LogP contribution is 2.18. The normalized spacial score (nSPS) is 11.1. The van der Waals surface area contributed by atoms with Gasteiger partial charge in [-0.25, -0.2) is 28.1 Å². The van der Waals surface area contributed by atoms with E-state index in [0.717, 1.165) is 5.03 Å². The molecule has 0 saturated carbocycles. The molecule has 0 bridgehead atoms. The number of hydrogen-bond acceptors (Lipinski definition) is 7. The highest BCUT2D eigenvalue weighted by molar-refractivity contribution is 7.99. The molecule has 0 aliphatic rings. The summed E-state index contributed by atoms with van der Waals surface area (Å²) in [6.07, 6.45) is 2.02. The average Bonchev–Trinajstić information content (AvgIpc) is 2.68. The lowest BCUT2D eigenvalue weighted by molar-refractivity contribution is -0.115. The summed E-state index contributed by atoms with van der Waals surface area (Å²) in [5.74, 6) is 0.459. The van der Waals surface area contributed by atoms with E-state index < -0.39 is 10.0 Å². The van der Waals surface area contributed by atoms with Crippen LogP contribution in [0.1, 0.15) is 17.8 Å². The lowest BCUT2D eigenvalue weighted by Gasteiger charge is -2.09. The van der Waals surface area contributed by atoms with Gasteiger partial charge in [0.05, 0.1) is 9.92 Å². The van der Waals surface area contributed by atoms with Gasteiger partial charge < -0.3 is 5.32 Å². The topological polar surface area (TPSA) is 114 Å². The molecule has 3 rings (SSSR count). The Kier molecular flexibility index (Phi) is 7.01. The molecule has 30 heavy (non-hydrogen) atoms. The number of nitrogens with zero attached hydrogens (tertiary/aromatic N) is 3. The van der Waals surface area contributed by atoms with Gasteiger partial charge in [0.1, 0.15) is 0 Å². The number of aromatic nitrogens is 3. The first kappa shape index (κ1) is 21.7. The van der Waals surface area contributed by atoms with E-state index in [9.17, 15) is 13.2 Å². The van der Waals surface area contributed by atoms with Crippen LogP contribution in [0.5, 0.6) is 0 Å². The Balaban J connectivity index is 1.56. The van der Waals surface area contributed by atoms with Gasteiger partial charge in [-0.3, -0.25) is 4.79 Å². The fourth-order valence-corrected chi connectivity index (χ4v) is 4.32. The molecule has 0 fully saturated rings. The maximum Gasteiger partial charge on any atom is 0.264 e. The van der Waals surface area contributed by atoms with Crippen molar-refractivity contribution >= 4 is 39.3 Å². The number of carbonyl (C=O) groups is 1. The zero-order valence-electron chi connectivity index (χ0n) is 16.5. The van der Waals surface area contributed by atoms with E-state index in [-0.39, 0.29) is 16.8 Å². The van der Waals surface area contributed by atoms with Crippen molar-refractivity contribution in [2.24, 2.45) is 0 Å². The lowest BCUT2D eigenvalue weighted by Crippen LogP contribution is -2.16. The van der Waals surface area contributed by atoms with Crippen LogP contribution in [0.4, 0.5) is 11.6 Å². The number of anilines is 2. The Morgan fingerprint density at radius 3 is 2.37 bits per heavy atom. The van der Waals surface area contributed by atoms with E-state index >= 15 is 0 Å². The van der Waals surface area contributed by atoms with Gasteiger partial charge in [0.25, 0.3) is 10.0 Å². The van der Waals surface area contributed by atoms with Crippen molar-refractivity contribution in [3.05, 3.63) is 66.1 Å². The van der Waals surface area contributed by atoms with Crippen molar-refractivity contribution in [3.63, 3.8) is 0 Å². The minimum atomic E-state index is -3.83. The Labute approximate surface area is 179 Å². The van der Waals surface area contributed by atoms with Crippen molar-refractivity contribution in [2.45, 2.75) is 30.2 Å². The number of carbonyl (C=O) groups excluding carboxylic acids is 1. The molecule has 156 valence electrons. The second kappa shape index (κ2) is 9.68. The zero-order chi connectivity index (χ0) is 21.6. The summed E-state index contributed by atoms with van der Waals surface area (Å²) >= 11 is 1.50. The van der Waals surface area contributed by atoms with Gasteiger partial charge in [0, 0.05) is 35.4 Å². The van der Waals surface area contributed by atoms with Crippen LogP contribution in [0.3, 0.4) is 0 Å². The number of sulfonamides is 1. The highest BCUT2D eigenvalue weighted by Gasteiger charge is 2.16. The number of nitrogens with one attached hydrogen (secondary N) is 2. The van der Waals surface area contributed by atoms with E-state index in [1.807, 2.05) is 18.2 Å². The summed E-state index contributed by atoms with van der Waals surface area (Å²) in [7, 11) is -3.83. The van der Waals surface area contributed by atoms with Crippen molar-refractivity contribution in [1.29, 1.82) is 0 Å². The lowest BCUT2D eigenvalue weighted by atomic mass is 10.3. The SMILES string of the molecule is Cc1cc(C)nc(NS(=O)(=O)c2ccc(NC(=O)CCSc3ccccn3)cc2)n1. The quantitative estimate of drug-likeness (QED) is 0.513. The van der Waals surface area contributed by atoms with E-state index in [0.29, 0.717) is 29.2 Å². The van der Waals surface area contributed by atoms with Gasteiger partial charge in [-0.2, -0.15) is 0 Å². The second-order valence-corrected chi connectivity index (χ2v) is 9.22. The van der Waals surface area contributed by atoms with Crippen LogP contribution < -0.4 is 10.0 Å². The van der Waals surface area contributed by atoms with Crippen LogP contribution in [0.2, 0.25) is 0 Å². The van der Waals surface area contributed by atoms with Crippen LogP contribution in [0, 0.1) is 13.8 Å². The number of amides is 1. The minimum Gasteiger partial charge on any atom is -0.326 e. The first-order chi connectivity index (χ1) is 14.3. The van der Waals surface area contributed by atoms with Crippen LogP contribution in [-0.4, -0.2) is 35.0 Å². The summed E-state index contributed by atoms with van der Waals surface area (Å²) in [4.78, 5) is 24.5. The number of hydrogen-bond donors (Lipinski definition) is 2. The van der Waals surface area contributed by atoms with E-state index in [4.69, 9.17) is 0 Å². The highest BCUT2D eigenvalue weighted by atomic mass is 32.2. The molecule has 2 heterocycles. The fraction of sp³-hybridized carbons (Fsp3) is 0.200. The molecule has 1 amide bonds. The van der Waals surface area contributed by atoms with Gasteiger partial charge in [-0.1, -0.05) is 6.07 Å². The molecule has 8 nitrogen and oxygen atoms in total. The summed E-state index contributed by atoms with van der Waals surface area (Å²) in [6.45, 7) is 3.53. The van der Waals surface area contributed by atoms with Crippen molar-refractivity contribution < 1.29 is 13.2 Å². The van der Waals surface area contributed by atoms with Gasteiger partial charge in [0.15, 0.2) is 0 Å². The maximum absolute atomic E-state index is 12.5. The first-order valence-corrected chi connectivity index (χ1v) is 11.6. The third kappa shape index (κ3) is 6.26. The van der Waals surface area contributed by atoms with Crippen LogP contribution in [0.25, 0.3) is 0 Å². The molecule has 0 atom stereocenters. The smallest absolute Gasteiger partial charge is 0.264 e. The third-order valence-corrected chi connectivity index (χ3v) is 6.16.